The van der Waals surface area contributed by atoms with E-state index in [9.17, 15) is 9.90 Å². The number of phenols is 1. The van der Waals surface area contributed by atoms with Crippen LogP contribution in [-0.4, -0.2) is 23.1 Å². The lowest BCUT2D eigenvalue weighted by Crippen LogP contribution is -2.27. The van der Waals surface area contributed by atoms with E-state index >= 15 is 0 Å². The maximum atomic E-state index is 13.0. The minimum absolute atomic E-state index is 0.0290. The van der Waals surface area contributed by atoms with E-state index in [1.807, 2.05) is 42.5 Å². The fourth-order valence-corrected chi connectivity index (χ4v) is 3.70. The molecule has 0 unspecified atom stereocenters. The molecule has 1 heterocycles. The first kappa shape index (κ1) is 21.4. The normalized spacial score (nSPS) is 12.1. The molecule has 2 N–H and O–H groups in total. The van der Waals surface area contributed by atoms with Gasteiger partial charge in [-0.1, -0.05) is 60.2 Å². The molecule has 0 aliphatic carbocycles. The van der Waals surface area contributed by atoms with Crippen LogP contribution in [0.25, 0.3) is 17.0 Å². The van der Waals surface area contributed by atoms with Gasteiger partial charge in [0, 0.05) is 22.7 Å². The number of phenolic OH excluding ortho intramolecular Hbond substituents is 1. The summed E-state index contributed by atoms with van der Waals surface area (Å²) in [6.07, 6.45) is 5.28. The highest BCUT2D eigenvalue weighted by Crippen LogP contribution is 2.37. The smallest absolute Gasteiger partial charge is 0.252 e. The van der Waals surface area contributed by atoms with Gasteiger partial charge < -0.3 is 15.2 Å². The van der Waals surface area contributed by atoms with Crippen molar-refractivity contribution in [2.75, 3.05) is 7.11 Å². The summed E-state index contributed by atoms with van der Waals surface area (Å²) in [5.41, 5.74) is 2.22. The summed E-state index contributed by atoms with van der Waals surface area (Å²) >= 11 is 6.48. The molecule has 0 radical (unpaired) electrons. The van der Waals surface area contributed by atoms with Crippen molar-refractivity contribution >= 4 is 34.5 Å². The molecule has 0 aliphatic heterocycles. The van der Waals surface area contributed by atoms with Gasteiger partial charge in [-0.3, -0.25) is 9.78 Å². The topological polar surface area (TPSA) is 71.5 Å². The number of aromatic nitrogens is 1. The van der Waals surface area contributed by atoms with Gasteiger partial charge in [0.15, 0.2) is 0 Å². The molecule has 5 nitrogen and oxygen atoms in total. The van der Waals surface area contributed by atoms with Crippen LogP contribution in [0.3, 0.4) is 0 Å². The first-order valence-corrected chi connectivity index (χ1v) is 10.4. The number of amides is 1. The molecular formula is C26H21ClN2O3. The Bertz CT molecular complexity index is 1290. The lowest BCUT2D eigenvalue weighted by atomic mass is 10.0. The Labute approximate surface area is 191 Å². The van der Waals surface area contributed by atoms with Crippen molar-refractivity contribution in [1.29, 1.82) is 0 Å². The zero-order valence-electron chi connectivity index (χ0n) is 17.3. The molecule has 32 heavy (non-hydrogen) atoms. The number of hydrogen-bond acceptors (Lipinski definition) is 4. The van der Waals surface area contributed by atoms with Crippen LogP contribution in [0.5, 0.6) is 11.5 Å². The highest BCUT2D eigenvalue weighted by molar-refractivity contribution is 6.35. The van der Waals surface area contributed by atoms with Crippen molar-refractivity contribution in [3.05, 3.63) is 107 Å². The minimum Gasteiger partial charge on any atom is -0.505 e. The van der Waals surface area contributed by atoms with E-state index in [0.717, 1.165) is 5.56 Å². The Hall–Kier alpha value is -3.83. The zero-order valence-corrected chi connectivity index (χ0v) is 18.1. The van der Waals surface area contributed by atoms with Gasteiger partial charge in [-0.15, -0.1) is 0 Å². The largest absolute Gasteiger partial charge is 0.505 e. The van der Waals surface area contributed by atoms with Crippen molar-refractivity contribution < 1.29 is 14.6 Å². The molecule has 1 aromatic heterocycles. The van der Waals surface area contributed by atoms with Gasteiger partial charge in [-0.05, 0) is 42.0 Å². The molecule has 4 aromatic rings. The Morgan fingerprint density at radius 3 is 2.69 bits per heavy atom. The molecule has 0 aliphatic rings. The maximum absolute atomic E-state index is 13.0. The van der Waals surface area contributed by atoms with Crippen LogP contribution in [0.2, 0.25) is 5.02 Å². The Kier molecular flexibility index (Phi) is 6.38. The van der Waals surface area contributed by atoms with Crippen molar-refractivity contribution in [2.24, 2.45) is 0 Å². The molecule has 0 saturated heterocycles. The first-order valence-electron chi connectivity index (χ1n) is 10.0. The zero-order chi connectivity index (χ0) is 22.5. The third-order valence-corrected chi connectivity index (χ3v) is 5.39. The van der Waals surface area contributed by atoms with E-state index in [-0.39, 0.29) is 11.7 Å². The predicted octanol–water partition coefficient (Wildman–Crippen LogP) is 5.79. The summed E-state index contributed by atoms with van der Waals surface area (Å²) in [5.74, 6) is 0.233. The number of fused-ring (bicyclic) bond motifs is 1. The van der Waals surface area contributed by atoms with E-state index in [4.69, 9.17) is 16.3 Å². The summed E-state index contributed by atoms with van der Waals surface area (Å²) in [6, 6.07) is 21.1. The number of ether oxygens (including phenoxy) is 1. The number of carbonyl (C=O) groups excluding carboxylic acids is 1. The van der Waals surface area contributed by atoms with E-state index < -0.39 is 6.04 Å². The number of hydrogen-bond donors (Lipinski definition) is 2. The second-order valence-electron chi connectivity index (χ2n) is 7.15. The van der Waals surface area contributed by atoms with Crippen molar-refractivity contribution in [3.63, 3.8) is 0 Å². The van der Waals surface area contributed by atoms with Crippen LogP contribution >= 0.6 is 11.6 Å². The van der Waals surface area contributed by atoms with Crippen LogP contribution < -0.4 is 10.1 Å². The second kappa shape index (κ2) is 9.54. The predicted molar refractivity (Wildman–Crippen MR) is 127 cm³/mol. The molecule has 6 heteroatoms. The third kappa shape index (κ3) is 4.58. The average Bonchev–Trinajstić information content (AvgIpc) is 2.84. The molecule has 0 bridgehead atoms. The number of rotatable bonds is 6. The summed E-state index contributed by atoms with van der Waals surface area (Å²) in [6.45, 7) is 0. The molecule has 0 spiro atoms. The van der Waals surface area contributed by atoms with Crippen LogP contribution in [0.15, 0.2) is 85.1 Å². The fraction of sp³-hybridized carbons (Fsp3) is 0.0769. The lowest BCUT2D eigenvalue weighted by molar-refractivity contribution is 0.0943. The number of aromatic hydroxyl groups is 1. The molecule has 4 rings (SSSR count). The molecule has 1 amide bonds. The number of methoxy groups -OCH3 is 1. The van der Waals surface area contributed by atoms with Crippen LogP contribution in [0.1, 0.15) is 27.5 Å². The Balaban J connectivity index is 1.76. The highest BCUT2D eigenvalue weighted by atomic mass is 35.5. The molecule has 0 fully saturated rings. The summed E-state index contributed by atoms with van der Waals surface area (Å²) < 4.78 is 5.22. The standard InChI is InChI=1S/C26H21ClN2O3/c1-32-19-10-5-9-18(15-19)26(31)29-23(13-12-17-7-3-2-4-8-17)21-16-22(27)20-11-6-14-28-24(20)25(21)30/h2-16,23,30H,1H3,(H,29,31)/b13-12+/t23-/m1/s1. The number of nitrogens with zero attached hydrogens (tertiary/aromatic N) is 1. The lowest BCUT2D eigenvalue weighted by Gasteiger charge is -2.19. The molecular weight excluding hydrogens is 424 g/mol. The van der Waals surface area contributed by atoms with Gasteiger partial charge in [-0.2, -0.15) is 0 Å². The van der Waals surface area contributed by atoms with Crippen LogP contribution in [-0.2, 0) is 0 Å². The van der Waals surface area contributed by atoms with Gasteiger partial charge in [-0.25, -0.2) is 0 Å². The highest BCUT2D eigenvalue weighted by Gasteiger charge is 2.20. The number of halogens is 1. The molecule has 3 aromatic carbocycles. The quantitative estimate of drug-likeness (QED) is 0.395. The molecule has 1 atom stereocenters. The number of pyridine rings is 1. The van der Waals surface area contributed by atoms with Gasteiger partial charge in [0.1, 0.15) is 17.0 Å². The summed E-state index contributed by atoms with van der Waals surface area (Å²) in [4.78, 5) is 17.3. The van der Waals surface area contributed by atoms with Crippen molar-refractivity contribution in [3.8, 4) is 11.5 Å². The van der Waals surface area contributed by atoms with Gasteiger partial charge in [0.25, 0.3) is 5.91 Å². The van der Waals surface area contributed by atoms with Crippen molar-refractivity contribution in [2.45, 2.75) is 6.04 Å². The van der Waals surface area contributed by atoms with Crippen LogP contribution in [0, 0.1) is 0 Å². The fourth-order valence-electron chi connectivity index (χ4n) is 3.43. The van der Waals surface area contributed by atoms with Gasteiger partial charge in [0.05, 0.1) is 18.2 Å². The van der Waals surface area contributed by atoms with E-state index in [2.05, 4.69) is 10.3 Å². The maximum Gasteiger partial charge on any atom is 0.252 e. The second-order valence-corrected chi connectivity index (χ2v) is 7.56. The monoisotopic (exact) mass is 444 g/mol. The minimum atomic E-state index is -0.655. The Morgan fingerprint density at radius 1 is 1.09 bits per heavy atom. The third-order valence-electron chi connectivity index (χ3n) is 5.08. The van der Waals surface area contributed by atoms with Gasteiger partial charge >= 0.3 is 0 Å². The van der Waals surface area contributed by atoms with E-state index in [1.165, 1.54) is 0 Å². The number of benzene rings is 3. The van der Waals surface area contributed by atoms with Gasteiger partial charge in [0.2, 0.25) is 0 Å². The van der Waals surface area contributed by atoms with Crippen molar-refractivity contribution in [1.82, 2.24) is 10.3 Å². The van der Waals surface area contributed by atoms with E-state index in [0.29, 0.717) is 32.8 Å². The van der Waals surface area contributed by atoms with Crippen LogP contribution in [0.4, 0.5) is 0 Å². The summed E-state index contributed by atoms with van der Waals surface area (Å²) in [5, 5.41) is 15.0. The first-order chi connectivity index (χ1) is 15.6. The van der Waals surface area contributed by atoms with E-state index in [1.54, 1.807) is 55.8 Å². The number of carbonyl (C=O) groups is 1. The molecule has 160 valence electrons. The SMILES string of the molecule is COc1cccc(C(=O)N[C@H](/C=C/c2ccccc2)c2cc(Cl)c3cccnc3c2O)c1. The Morgan fingerprint density at radius 2 is 1.91 bits per heavy atom. The molecule has 0 saturated carbocycles. The number of nitrogens with one attached hydrogen (secondary N) is 1. The summed E-state index contributed by atoms with van der Waals surface area (Å²) in [7, 11) is 1.55. The average molecular weight is 445 g/mol.